The first kappa shape index (κ1) is 11.2. The molecule has 0 aromatic heterocycles. The molecular formula is C6H11N3O4. The second-order valence-electron chi connectivity index (χ2n) is 2.77. The Labute approximate surface area is 74.5 Å². The fourth-order valence-corrected chi connectivity index (χ4v) is 0.575. The van der Waals surface area contributed by atoms with Crippen molar-refractivity contribution in [2.24, 2.45) is 0 Å². The van der Waals surface area contributed by atoms with E-state index in [4.69, 9.17) is 5.11 Å². The minimum Gasteiger partial charge on any atom is -0.465 e. The maximum Gasteiger partial charge on any atom is 0.405 e. The number of hydrogen-bond acceptors (Lipinski definition) is 3. The van der Waals surface area contributed by atoms with Crippen molar-refractivity contribution in [3.63, 3.8) is 0 Å². The van der Waals surface area contributed by atoms with Gasteiger partial charge in [0.2, 0.25) is 6.41 Å². The van der Waals surface area contributed by atoms with Gasteiger partial charge in [-0.05, 0) is 13.8 Å². The molecule has 0 aliphatic rings. The zero-order valence-corrected chi connectivity index (χ0v) is 7.25. The van der Waals surface area contributed by atoms with Crippen molar-refractivity contribution >= 4 is 18.4 Å². The number of hydrazine groups is 1. The Balaban J connectivity index is 4.18. The van der Waals surface area contributed by atoms with E-state index < -0.39 is 17.5 Å². The molecule has 0 atom stereocenters. The Morgan fingerprint density at radius 2 is 1.92 bits per heavy atom. The highest BCUT2D eigenvalue weighted by Gasteiger charge is 2.29. The summed E-state index contributed by atoms with van der Waals surface area (Å²) in [6.45, 7) is 2.73. The summed E-state index contributed by atoms with van der Waals surface area (Å²) in [6.07, 6.45) is -1.04. The first-order valence-electron chi connectivity index (χ1n) is 3.41. The minimum atomic E-state index is -1.31. The summed E-state index contributed by atoms with van der Waals surface area (Å²) in [5, 5.41) is 10.3. The number of nitrogens with one attached hydrogen (secondary N) is 3. The van der Waals surface area contributed by atoms with E-state index in [1.807, 2.05) is 16.2 Å². The molecule has 0 saturated heterocycles. The lowest BCUT2D eigenvalue weighted by Gasteiger charge is -2.22. The Morgan fingerprint density at radius 1 is 1.38 bits per heavy atom. The van der Waals surface area contributed by atoms with Gasteiger partial charge in [0.05, 0.1) is 0 Å². The molecule has 0 aliphatic heterocycles. The summed E-state index contributed by atoms with van der Waals surface area (Å²) in [4.78, 5) is 31.1. The average Bonchev–Trinajstić information content (AvgIpc) is 1.97. The van der Waals surface area contributed by atoms with Gasteiger partial charge in [-0.3, -0.25) is 20.4 Å². The van der Waals surface area contributed by atoms with Crippen LogP contribution in [0.4, 0.5) is 4.79 Å². The van der Waals surface area contributed by atoms with Crippen molar-refractivity contribution in [1.82, 2.24) is 16.2 Å². The maximum absolute atomic E-state index is 11.1. The summed E-state index contributed by atoms with van der Waals surface area (Å²) in [5.41, 5.74) is 2.62. The van der Waals surface area contributed by atoms with Crippen molar-refractivity contribution in [1.29, 1.82) is 0 Å². The van der Waals surface area contributed by atoms with E-state index in [-0.39, 0.29) is 6.41 Å². The molecule has 0 saturated carbocycles. The third kappa shape index (κ3) is 3.94. The molecule has 74 valence electrons. The highest BCUT2D eigenvalue weighted by molar-refractivity contribution is 5.88. The van der Waals surface area contributed by atoms with E-state index in [1.54, 1.807) is 0 Å². The number of carboxylic acid groups (broad SMARTS) is 1. The van der Waals surface area contributed by atoms with E-state index >= 15 is 0 Å². The van der Waals surface area contributed by atoms with Crippen LogP contribution in [0.1, 0.15) is 13.8 Å². The SMILES string of the molecule is CC(C)(NC(=O)O)C(=O)NNC=O. The molecule has 7 heteroatoms. The monoisotopic (exact) mass is 189 g/mol. The highest BCUT2D eigenvalue weighted by Crippen LogP contribution is 2.00. The molecule has 7 nitrogen and oxygen atoms in total. The predicted molar refractivity (Wildman–Crippen MR) is 42.6 cm³/mol. The predicted octanol–water partition coefficient (Wildman–Crippen LogP) is -1.19. The van der Waals surface area contributed by atoms with Gasteiger partial charge < -0.3 is 10.4 Å². The van der Waals surface area contributed by atoms with Crippen LogP contribution >= 0.6 is 0 Å². The van der Waals surface area contributed by atoms with Gasteiger partial charge in [0.25, 0.3) is 5.91 Å². The molecule has 0 aliphatic carbocycles. The Bertz CT molecular complexity index is 226. The Hall–Kier alpha value is -1.79. The molecule has 0 heterocycles. The molecule has 0 bridgehead atoms. The zero-order chi connectivity index (χ0) is 10.5. The lowest BCUT2D eigenvalue weighted by Crippen LogP contribution is -2.57. The van der Waals surface area contributed by atoms with Crippen LogP contribution in [0.3, 0.4) is 0 Å². The van der Waals surface area contributed by atoms with Crippen molar-refractivity contribution < 1.29 is 19.5 Å². The van der Waals surface area contributed by atoms with Gasteiger partial charge in [-0.15, -0.1) is 0 Å². The Kier molecular flexibility index (Phi) is 3.70. The maximum atomic E-state index is 11.1. The quantitative estimate of drug-likeness (QED) is 0.329. The molecule has 13 heavy (non-hydrogen) atoms. The first-order chi connectivity index (χ1) is 5.90. The third-order valence-electron chi connectivity index (χ3n) is 1.23. The summed E-state index contributed by atoms with van der Waals surface area (Å²) in [7, 11) is 0. The van der Waals surface area contributed by atoms with Crippen molar-refractivity contribution in [2.75, 3.05) is 0 Å². The standard InChI is InChI=1S/C6H11N3O4/c1-6(2,8-5(12)13)4(11)9-7-3-10/h3,8H,1-2H3,(H,7,10)(H,9,11)(H,12,13). The van der Waals surface area contributed by atoms with Gasteiger partial charge in [-0.25, -0.2) is 4.79 Å². The molecule has 0 aromatic rings. The topological polar surface area (TPSA) is 108 Å². The summed E-state index contributed by atoms with van der Waals surface area (Å²) in [5.74, 6) is -0.651. The van der Waals surface area contributed by atoms with E-state index in [2.05, 4.69) is 0 Å². The molecule has 0 unspecified atom stereocenters. The van der Waals surface area contributed by atoms with Crippen LogP contribution in [0.5, 0.6) is 0 Å². The van der Waals surface area contributed by atoms with E-state index in [0.29, 0.717) is 0 Å². The number of carbonyl (C=O) groups excluding carboxylic acids is 2. The van der Waals surface area contributed by atoms with E-state index in [9.17, 15) is 14.4 Å². The third-order valence-corrected chi connectivity index (χ3v) is 1.23. The van der Waals surface area contributed by atoms with Crippen LogP contribution in [0, 0.1) is 0 Å². The molecule has 0 radical (unpaired) electrons. The molecule has 3 amide bonds. The van der Waals surface area contributed by atoms with Gasteiger partial charge >= 0.3 is 6.09 Å². The largest absolute Gasteiger partial charge is 0.465 e. The van der Waals surface area contributed by atoms with Crippen LogP contribution in [0.15, 0.2) is 0 Å². The lowest BCUT2D eigenvalue weighted by molar-refractivity contribution is -0.129. The molecule has 0 spiro atoms. The smallest absolute Gasteiger partial charge is 0.405 e. The fraction of sp³-hybridized carbons (Fsp3) is 0.500. The second-order valence-corrected chi connectivity index (χ2v) is 2.77. The van der Waals surface area contributed by atoms with Crippen molar-refractivity contribution in [2.45, 2.75) is 19.4 Å². The molecule has 0 aromatic carbocycles. The molecule has 0 fully saturated rings. The van der Waals surface area contributed by atoms with E-state index in [1.165, 1.54) is 13.8 Å². The fourth-order valence-electron chi connectivity index (χ4n) is 0.575. The lowest BCUT2D eigenvalue weighted by atomic mass is 10.1. The molecule has 4 N–H and O–H groups in total. The van der Waals surface area contributed by atoms with Gasteiger partial charge in [0.1, 0.15) is 5.54 Å². The first-order valence-corrected chi connectivity index (χ1v) is 3.41. The van der Waals surface area contributed by atoms with Crippen LogP contribution in [0.25, 0.3) is 0 Å². The highest BCUT2D eigenvalue weighted by atomic mass is 16.4. The Morgan fingerprint density at radius 3 is 2.31 bits per heavy atom. The van der Waals surface area contributed by atoms with Crippen LogP contribution in [0.2, 0.25) is 0 Å². The van der Waals surface area contributed by atoms with Crippen LogP contribution < -0.4 is 16.2 Å². The average molecular weight is 189 g/mol. The van der Waals surface area contributed by atoms with Crippen LogP contribution in [-0.4, -0.2) is 29.1 Å². The normalized spacial score (nSPS) is 10.0. The second kappa shape index (κ2) is 4.29. The molecular weight excluding hydrogens is 178 g/mol. The van der Waals surface area contributed by atoms with Gasteiger partial charge in [-0.2, -0.15) is 0 Å². The summed E-state index contributed by atoms with van der Waals surface area (Å²) >= 11 is 0. The number of amides is 3. The number of rotatable bonds is 4. The van der Waals surface area contributed by atoms with Crippen LogP contribution in [-0.2, 0) is 9.59 Å². The van der Waals surface area contributed by atoms with Crippen molar-refractivity contribution in [3.8, 4) is 0 Å². The number of carbonyl (C=O) groups is 3. The number of hydrogen-bond donors (Lipinski definition) is 4. The summed E-state index contributed by atoms with van der Waals surface area (Å²) in [6, 6.07) is 0. The van der Waals surface area contributed by atoms with Crippen molar-refractivity contribution in [3.05, 3.63) is 0 Å². The summed E-state index contributed by atoms with van der Waals surface area (Å²) < 4.78 is 0. The zero-order valence-electron chi connectivity index (χ0n) is 7.25. The van der Waals surface area contributed by atoms with Gasteiger partial charge in [0, 0.05) is 0 Å². The minimum absolute atomic E-state index is 0.273. The van der Waals surface area contributed by atoms with Gasteiger partial charge in [-0.1, -0.05) is 0 Å². The van der Waals surface area contributed by atoms with Gasteiger partial charge in [0.15, 0.2) is 0 Å². The van der Waals surface area contributed by atoms with E-state index in [0.717, 1.165) is 0 Å². The molecule has 0 rings (SSSR count).